The Morgan fingerprint density at radius 3 is 1.86 bits per heavy atom. The van der Waals surface area contributed by atoms with Crippen molar-refractivity contribution >= 4 is 29.3 Å². The second-order valence-corrected chi connectivity index (χ2v) is 7.70. The molecule has 0 unspecified atom stereocenters. The monoisotopic (exact) mass is 427 g/mol. The molecule has 3 aromatic rings. The van der Waals surface area contributed by atoms with Crippen molar-refractivity contribution in [3.8, 4) is 5.75 Å². The van der Waals surface area contributed by atoms with Crippen molar-refractivity contribution in [3.63, 3.8) is 0 Å². The van der Waals surface area contributed by atoms with Crippen LogP contribution in [-0.2, 0) is 4.74 Å². The number of hydrogen-bond donors (Lipinski definition) is 0. The van der Waals surface area contributed by atoms with Crippen LogP contribution >= 0.6 is 23.2 Å². The van der Waals surface area contributed by atoms with E-state index in [-0.39, 0.29) is 18.3 Å². The average Bonchev–Trinajstić information content (AvgIpc) is 2.70. The average molecular weight is 428 g/mol. The van der Waals surface area contributed by atoms with Crippen LogP contribution in [0.4, 0.5) is 4.79 Å². The van der Waals surface area contributed by atoms with Crippen LogP contribution in [0.2, 0.25) is 10.0 Å². The molecule has 4 nitrogen and oxygen atoms in total. The Hall–Kier alpha value is -2.53. The first-order valence-electron chi connectivity index (χ1n) is 9.27. The number of carbonyl (C=O) groups is 1. The van der Waals surface area contributed by atoms with Crippen LogP contribution in [0.25, 0.3) is 0 Å². The summed E-state index contributed by atoms with van der Waals surface area (Å²) in [5, 5.41) is 1.34. The molecule has 0 radical (unpaired) electrons. The van der Waals surface area contributed by atoms with E-state index in [2.05, 4.69) is 0 Å². The molecule has 1 saturated heterocycles. The normalized spacial score (nSPS) is 14.0. The summed E-state index contributed by atoms with van der Waals surface area (Å²) < 4.78 is 11.7. The number of amides is 1. The van der Waals surface area contributed by atoms with Crippen molar-refractivity contribution in [2.24, 2.45) is 0 Å². The summed E-state index contributed by atoms with van der Waals surface area (Å²) >= 11 is 12.1. The van der Waals surface area contributed by atoms with Gasteiger partial charge in [-0.25, -0.2) is 4.79 Å². The van der Waals surface area contributed by atoms with Gasteiger partial charge >= 0.3 is 6.09 Å². The Labute approximate surface area is 179 Å². The van der Waals surface area contributed by atoms with Crippen LogP contribution in [0.15, 0.2) is 78.9 Å². The number of rotatable bonds is 5. The third kappa shape index (κ3) is 4.91. The quantitative estimate of drug-likeness (QED) is 0.502. The van der Waals surface area contributed by atoms with Gasteiger partial charge in [0.2, 0.25) is 0 Å². The topological polar surface area (TPSA) is 38.8 Å². The first kappa shape index (κ1) is 19.8. The fourth-order valence-electron chi connectivity index (χ4n) is 3.14. The number of likely N-dealkylation sites (tertiary alicyclic amines) is 1. The Balaban J connectivity index is 1.42. The summed E-state index contributed by atoms with van der Waals surface area (Å²) in [6.07, 6.45) is -0.734. The van der Waals surface area contributed by atoms with E-state index in [4.69, 9.17) is 32.7 Å². The predicted octanol–water partition coefficient (Wildman–Crippen LogP) is 5.98. The molecule has 1 heterocycles. The first-order valence-corrected chi connectivity index (χ1v) is 10.0. The molecular weight excluding hydrogens is 409 g/mol. The molecule has 1 amide bonds. The van der Waals surface area contributed by atoms with Crippen LogP contribution in [0, 0.1) is 0 Å². The zero-order valence-corrected chi connectivity index (χ0v) is 17.0. The lowest BCUT2D eigenvalue weighted by Gasteiger charge is -2.39. The standard InChI is InChI=1S/C23H19Cl2NO3/c24-18-10-6-16(7-11-18)22(17-8-12-19(25)13-9-17)28-21-14-26(15-21)23(27)29-20-4-2-1-3-5-20/h1-13,21-22H,14-15H2. The molecule has 1 aliphatic rings. The van der Waals surface area contributed by atoms with Gasteiger partial charge in [0, 0.05) is 10.0 Å². The summed E-state index contributed by atoms with van der Waals surface area (Å²) in [7, 11) is 0. The van der Waals surface area contributed by atoms with Crippen LogP contribution in [0.5, 0.6) is 5.75 Å². The summed E-state index contributed by atoms with van der Waals surface area (Å²) in [6, 6.07) is 24.2. The van der Waals surface area contributed by atoms with Crippen molar-refractivity contribution in [3.05, 3.63) is 100 Å². The third-order valence-electron chi connectivity index (χ3n) is 4.73. The van der Waals surface area contributed by atoms with E-state index in [0.717, 1.165) is 11.1 Å². The van der Waals surface area contributed by atoms with Crippen molar-refractivity contribution < 1.29 is 14.3 Å². The first-order chi connectivity index (χ1) is 14.1. The van der Waals surface area contributed by atoms with E-state index in [1.165, 1.54) is 0 Å². The van der Waals surface area contributed by atoms with Crippen molar-refractivity contribution in [1.82, 2.24) is 4.90 Å². The molecular formula is C23H19Cl2NO3. The van der Waals surface area contributed by atoms with E-state index < -0.39 is 0 Å². The van der Waals surface area contributed by atoms with Crippen LogP contribution in [-0.4, -0.2) is 30.2 Å². The fourth-order valence-corrected chi connectivity index (χ4v) is 3.40. The Morgan fingerprint density at radius 1 is 0.828 bits per heavy atom. The molecule has 0 atom stereocenters. The van der Waals surface area contributed by atoms with E-state index in [1.807, 2.05) is 66.7 Å². The lowest BCUT2D eigenvalue weighted by molar-refractivity contribution is -0.0699. The summed E-state index contributed by atoms with van der Waals surface area (Å²) in [5.41, 5.74) is 1.98. The van der Waals surface area contributed by atoms with E-state index in [0.29, 0.717) is 28.9 Å². The van der Waals surface area contributed by atoms with Gasteiger partial charge < -0.3 is 14.4 Å². The highest BCUT2D eigenvalue weighted by Gasteiger charge is 2.35. The number of benzene rings is 3. The minimum atomic E-state index is -0.370. The van der Waals surface area contributed by atoms with E-state index in [9.17, 15) is 4.79 Å². The molecule has 29 heavy (non-hydrogen) atoms. The summed E-state index contributed by atoms with van der Waals surface area (Å²) in [5.74, 6) is 0.530. The highest BCUT2D eigenvalue weighted by Crippen LogP contribution is 2.31. The molecule has 3 aromatic carbocycles. The molecule has 0 aliphatic carbocycles. The second-order valence-electron chi connectivity index (χ2n) is 6.83. The molecule has 4 rings (SSSR count). The lowest BCUT2D eigenvalue weighted by atomic mass is 10.0. The fraction of sp³-hybridized carbons (Fsp3) is 0.174. The van der Waals surface area contributed by atoms with Crippen molar-refractivity contribution in [2.75, 3.05) is 13.1 Å². The van der Waals surface area contributed by atoms with Gasteiger partial charge in [0.15, 0.2) is 0 Å². The highest BCUT2D eigenvalue weighted by atomic mass is 35.5. The predicted molar refractivity (Wildman–Crippen MR) is 114 cm³/mol. The third-order valence-corrected chi connectivity index (χ3v) is 5.23. The van der Waals surface area contributed by atoms with Gasteiger partial charge in [-0.2, -0.15) is 0 Å². The van der Waals surface area contributed by atoms with Crippen LogP contribution in [0.3, 0.4) is 0 Å². The number of para-hydroxylation sites is 1. The maximum Gasteiger partial charge on any atom is 0.415 e. The van der Waals surface area contributed by atoms with Gasteiger partial charge in [0.25, 0.3) is 0 Å². The molecule has 0 spiro atoms. The molecule has 0 aromatic heterocycles. The van der Waals surface area contributed by atoms with E-state index in [1.54, 1.807) is 17.0 Å². The Kier molecular flexibility index (Phi) is 6.05. The number of ether oxygens (including phenoxy) is 2. The molecule has 0 N–H and O–H groups in total. The zero-order chi connectivity index (χ0) is 20.2. The smallest absolute Gasteiger partial charge is 0.410 e. The van der Waals surface area contributed by atoms with Gasteiger partial charge in [-0.1, -0.05) is 65.7 Å². The van der Waals surface area contributed by atoms with Crippen molar-refractivity contribution in [2.45, 2.75) is 12.2 Å². The van der Waals surface area contributed by atoms with Crippen LogP contribution in [0.1, 0.15) is 17.2 Å². The molecule has 148 valence electrons. The van der Waals surface area contributed by atoms with Gasteiger partial charge in [-0.05, 0) is 47.5 Å². The Morgan fingerprint density at radius 2 is 1.34 bits per heavy atom. The molecule has 6 heteroatoms. The zero-order valence-electron chi connectivity index (χ0n) is 15.5. The lowest BCUT2D eigenvalue weighted by Crippen LogP contribution is -2.55. The van der Waals surface area contributed by atoms with Crippen molar-refractivity contribution in [1.29, 1.82) is 0 Å². The summed E-state index contributed by atoms with van der Waals surface area (Å²) in [4.78, 5) is 13.9. The van der Waals surface area contributed by atoms with Gasteiger partial charge in [0.1, 0.15) is 11.9 Å². The molecule has 1 aliphatic heterocycles. The van der Waals surface area contributed by atoms with Gasteiger partial charge in [-0.15, -0.1) is 0 Å². The number of nitrogens with zero attached hydrogens (tertiary/aromatic N) is 1. The SMILES string of the molecule is O=C(Oc1ccccc1)N1CC(OC(c2ccc(Cl)cc2)c2ccc(Cl)cc2)C1. The second kappa shape index (κ2) is 8.87. The van der Waals surface area contributed by atoms with Gasteiger partial charge in [-0.3, -0.25) is 0 Å². The van der Waals surface area contributed by atoms with E-state index >= 15 is 0 Å². The van der Waals surface area contributed by atoms with Crippen LogP contribution < -0.4 is 4.74 Å². The number of carbonyl (C=O) groups excluding carboxylic acids is 1. The minimum Gasteiger partial charge on any atom is -0.410 e. The Bertz CT molecular complexity index is 910. The number of hydrogen-bond acceptors (Lipinski definition) is 3. The summed E-state index contributed by atoms with van der Waals surface area (Å²) in [6.45, 7) is 0.951. The maximum absolute atomic E-state index is 12.3. The maximum atomic E-state index is 12.3. The molecule has 1 fully saturated rings. The number of halogens is 2. The molecule has 0 bridgehead atoms. The minimum absolute atomic E-state index is 0.0883. The highest BCUT2D eigenvalue weighted by molar-refractivity contribution is 6.30. The van der Waals surface area contributed by atoms with Gasteiger partial charge in [0.05, 0.1) is 19.2 Å². The molecule has 0 saturated carbocycles. The largest absolute Gasteiger partial charge is 0.415 e.